The Balaban J connectivity index is 2.33. The molecule has 1 unspecified atom stereocenters. The fourth-order valence-electron chi connectivity index (χ4n) is 2.17. The molecule has 3 heteroatoms. The van der Waals surface area contributed by atoms with Crippen molar-refractivity contribution in [3.63, 3.8) is 0 Å². The third-order valence-corrected chi connectivity index (χ3v) is 5.27. The number of hydrogen-bond acceptors (Lipinski definition) is 3. The SMILES string of the molecule is CCCNC(c1ccc(C)s1)c1sc(C)cc1C. The predicted octanol–water partition coefficient (Wildman–Crippen LogP) is 4.82. The van der Waals surface area contributed by atoms with Gasteiger partial charge in [-0.05, 0) is 57.5 Å². The molecule has 0 saturated carbocycles. The van der Waals surface area contributed by atoms with Crippen molar-refractivity contribution in [3.05, 3.63) is 43.3 Å². The summed E-state index contributed by atoms with van der Waals surface area (Å²) >= 11 is 3.82. The summed E-state index contributed by atoms with van der Waals surface area (Å²) in [6.45, 7) is 9.88. The van der Waals surface area contributed by atoms with Crippen LogP contribution in [-0.4, -0.2) is 6.54 Å². The van der Waals surface area contributed by atoms with Crippen LogP contribution in [0.25, 0.3) is 0 Å². The maximum atomic E-state index is 3.69. The quantitative estimate of drug-likeness (QED) is 0.827. The summed E-state index contributed by atoms with van der Waals surface area (Å²) in [6.07, 6.45) is 1.17. The molecule has 0 aliphatic carbocycles. The first kappa shape index (κ1) is 13.8. The van der Waals surface area contributed by atoms with E-state index in [0.717, 1.165) is 6.54 Å². The van der Waals surface area contributed by atoms with Crippen molar-refractivity contribution in [1.29, 1.82) is 0 Å². The van der Waals surface area contributed by atoms with E-state index in [0.29, 0.717) is 6.04 Å². The Morgan fingerprint density at radius 1 is 1.11 bits per heavy atom. The van der Waals surface area contributed by atoms with Crippen molar-refractivity contribution in [2.75, 3.05) is 6.54 Å². The molecule has 0 aromatic carbocycles. The Kier molecular flexibility index (Phi) is 4.60. The van der Waals surface area contributed by atoms with Gasteiger partial charge in [0.1, 0.15) is 0 Å². The summed E-state index contributed by atoms with van der Waals surface area (Å²) in [5.41, 5.74) is 1.41. The van der Waals surface area contributed by atoms with E-state index in [2.05, 4.69) is 51.2 Å². The smallest absolute Gasteiger partial charge is 0.0767 e. The molecule has 0 fully saturated rings. The lowest BCUT2D eigenvalue weighted by Crippen LogP contribution is -2.22. The Labute approximate surface area is 118 Å². The lowest BCUT2D eigenvalue weighted by Gasteiger charge is -2.17. The highest BCUT2D eigenvalue weighted by Crippen LogP contribution is 2.34. The summed E-state index contributed by atoms with van der Waals surface area (Å²) < 4.78 is 0. The van der Waals surface area contributed by atoms with Crippen molar-refractivity contribution in [3.8, 4) is 0 Å². The van der Waals surface area contributed by atoms with Crippen LogP contribution in [0.2, 0.25) is 0 Å². The number of thiophene rings is 2. The van der Waals surface area contributed by atoms with Gasteiger partial charge in [-0.25, -0.2) is 0 Å². The monoisotopic (exact) mass is 279 g/mol. The first-order valence-corrected chi connectivity index (χ1v) is 8.11. The Morgan fingerprint density at radius 2 is 1.89 bits per heavy atom. The van der Waals surface area contributed by atoms with E-state index >= 15 is 0 Å². The van der Waals surface area contributed by atoms with E-state index in [4.69, 9.17) is 0 Å². The van der Waals surface area contributed by atoms with Crippen LogP contribution in [-0.2, 0) is 0 Å². The first-order valence-electron chi connectivity index (χ1n) is 6.48. The molecule has 0 aliphatic heterocycles. The van der Waals surface area contributed by atoms with Crippen LogP contribution in [0, 0.1) is 20.8 Å². The lowest BCUT2D eigenvalue weighted by molar-refractivity contribution is 0.611. The minimum Gasteiger partial charge on any atom is -0.305 e. The molecule has 0 saturated heterocycles. The summed E-state index contributed by atoms with van der Waals surface area (Å²) in [6, 6.07) is 7.15. The molecular weight excluding hydrogens is 258 g/mol. The molecule has 2 aromatic heterocycles. The Morgan fingerprint density at radius 3 is 2.39 bits per heavy atom. The number of hydrogen-bond donors (Lipinski definition) is 1. The molecule has 0 amide bonds. The van der Waals surface area contributed by atoms with Crippen LogP contribution in [0.15, 0.2) is 18.2 Å². The van der Waals surface area contributed by atoms with Crippen molar-refractivity contribution < 1.29 is 0 Å². The van der Waals surface area contributed by atoms with Crippen LogP contribution in [0.5, 0.6) is 0 Å². The molecule has 18 heavy (non-hydrogen) atoms. The summed E-state index contributed by atoms with van der Waals surface area (Å²) in [4.78, 5) is 5.70. The molecule has 0 aliphatic rings. The first-order chi connectivity index (χ1) is 8.61. The fourth-order valence-corrected chi connectivity index (χ4v) is 4.33. The van der Waals surface area contributed by atoms with Crippen LogP contribution in [0.4, 0.5) is 0 Å². The maximum absolute atomic E-state index is 3.69. The average molecular weight is 279 g/mol. The van der Waals surface area contributed by atoms with E-state index in [1.165, 1.54) is 31.5 Å². The highest BCUT2D eigenvalue weighted by Gasteiger charge is 2.19. The van der Waals surface area contributed by atoms with E-state index in [1.807, 2.05) is 22.7 Å². The third-order valence-electron chi connectivity index (χ3n) is 2.99. The van der Waals surface area contributed by atoms with Gasteiger partial charge in [-0.1, -0.05) is 6.92 Å². The van der Waals surface area contributed by atoms with Crippen molar-refractivity contribution in [1.82, 2.24) is 5.32 Å². The largest absolute Gasteiger partial charge is 0.305 e. The van der Waals surface area contributed by atoms with Crippen LogP contribution in [0.3, 0.4) is 0 Å². The van der Waals surface area contributed by atoms with E-state index in [9.17, 15) is 0 Å². The molecule has 2 aromatic rings. The number of nitrogens with one attached hydrogen (secondary N) is 1. The molecule has 1 nitrogen and oxygen atoms in total. The zero-order chi connectivity index (χ0) is 13.1. The fraction of sp³-hybridized carbons (Fsp3) is 0.467. The Bertz CT molecular complexity index is 510. The van der Waals surface area contributed by atoms with E-state index in [1.54, 1.807) is 0 Å². The molecule has 0 bridgehead atoms. The minimum absolute atomic E-state index is 0.377. The second-order valence-corrected chi connectivity index (χ2v) is 7.35. The number of aryl methyl sites for hydroxylation is 3. The molecule has 2 heterocycles. The minimum atomic E-state index is 0.377. The standard InChI is InChI=1S/C15H21NS2/c1-5-8-16-14(13-7-6-11(3)17-13)15-10(2)9-12(4)18-15/h6-7,9,14,16H,5,8H2,1-4H3. The van der Waals surface area contributed by atoms with Crippen molar-refractivity contribution >= 4 is 22.7 Å². The summed E-state index contributed by atoms with van der Waals surface area (Å²) in [5.74, 6) is 0. The summed E-state index contributed by atoms with van der Waals surface area (Å²) in [7, 11) is 0. The van der Waals surface area contributed by atoms with Crippen LogP contribution < -0.4 is 5.32 Å². The third kappa shape index (κ3) is 3.02. The summed E-state index contributed by atoms with van der Waals surface area (Å²) in [5, 5.41) is 3.69. The molecule has 98 valence electrons. The molecule has 2 rings (SSSR count). The molecule has 1 N–H and O–H groups in total. The highest BCUT2D eigenvalue weighted by atomic mass is 32.1. The number of rotatable bonds is 5. The molecular formula is C15H21NS2. The topological polar surface area (TPSA) is 12.0 Å². The van der Waals surface area contributed by atoms with E-state index < -0.39 is 0 Å². The molecule has 0 radical (unpaired) electrons. The zero-order valence-electron chi connectivity index (χ0n) is 11.5. The van der Waals surface area contributed by atoms with Gasteiger partial charge < -0.3 is 5.32 Å². The van der Waals surface area contributed by atoms with Crippen LogP contribution in [0.1, 0.15) is 44.5 Å². The van der Waals surface area contributed by atoms with Gasteiger partial charge in [0, 0.05) is 19.5 Å². The molecule has 0 spiro atoms. The van der Waals surface area contributed by atoms with Crippen molar-refractivity contribution in [2.45, 2.75) is 40.2 Å². The maximum Gasteiger partial charge on any atom is 0.0767 e. The van der Waals surface area contributed by atoms with Gasteiger partial charge in [0.05, 0.1) is 6.04 Å². The van der Waals surface area contributed by atoms with Gasteiger partial charge in [0.15, 0.2) is 0 Å². The van der Waals surface area contributed by atoms with Gasteiger partial charge in [-0.15, -0.1) is 22.7 Å². The van der Waals surface area contributed by atoms with Crippen LogP contribution >= 0.6 is 22.7 Å². The van der Waals surface area contributed by atoms with Gasteiger partial charge in [0.2, 0.25) is 0 Å². The van der Waals surface area contributed by atoms with Gasteiger partial charge in [-0.3, -0.25) is 0 Å². The second-order valence-electron chi connectivity index (χ2n) is 4.74. The van der Waals surface area contributed by atoms with Gasteiger partial charge >= 0.3 is 0 Å². The Hall–Kier alpha value is -0.640. The van der Waals surface area contributed by atoms with E-state index in [-0.39, 0.29) is 0 Å². The van der Waals surface area contributed by atoms with Gasteiger partial charge in [-0.2, -0.15) is 0 Å². The predicted molar refractivity (Wildman–Crippen MR) is 83.0 cm³/mol. The lowest BCUT2D eigenvalue weighted by atomic mass is 10.1. The highest BCUT2D eigenvalue weighted by molar-refractivity contribution is 7.13. The van der Waals surface area contributed by atoms with Crippen molar-refractivity contribution in [2.24, 2.45) is 0 Å². The zero-order valence-corrected chi connectivity index (χ0v) is 13.2. The normalized spacial score (nSPS) is 12.9. The average Bonchev–Trinajstić information content (AvgIpc) is 2.87. The second kappa shape index (κ2) is 6.00. The molecule has 1 atom stereocenters. The van der Waals surface area contributed by atoms with Gasteiger partial charge in [0.25, 0.3) is 0 Å².